The van der Waals surface area contributed by atoms with Gasteiger partial charge in [0.1, 0.15) is 0 Å². The van der Waals surface area contributed by atoms with E-state index in [1.807, 2.05) is 0 Å². The second kappa shape index (κ2) is 8.39. The van der Waals surface area contributed by atoms with Crippen molar-refractivity contribution < 1.29 is 9.59 Å². The molecule has 1 atom stereocenters. The predicted octanol–water partition coefficient (Wildman–Crippen LogP) is 2.55. The first-order valence-corrected chi connectivity index (χ1v) is 10.6. The van der Waals surface area contributed by atoms with Crippen molar-refractivity contribution in [1.82, 2.24) is 20.6 Å². The number of anilines is 1. The van der Waals surface area contributed by atoms with Crippen LogP contribution < -0.4 is 15.5 Å². The molecule has 3 saturated heterocycles. The van der Waals surface area contributed by atoms with Gasteiger partial charge in [-0.2, -0.15) is 0 Å². The summed E-state index contributed by atoms with van der Waals surface area (Å²) in [5.74, 6) is 1.15. The molecule has 0 spiro atoms. The van der Waals surface area contributed by atoms with Gasteiger partial charge in [0, 0.05) is 25.3 Å². The fourth-order valence-electron chi connectivity index (χ4n) is 3.82. The number of carbonyl (C=O) groups is 2. The SMILES string of the molecule is O=C1NC(=O)/C(=C/c2ccnc(N3CCC(CCCC4CCN4)CC3)n2)S1. The summed E-state index contributed by atoms with van der Waals surface area (Å²) in [6, 6.07) is 2.53. The Bertz CT molecular complexity index is 741. The number of imide groups is 1. The Morgan fingerprint density at radius 1 is 1.22 bits per heavy atom. The molecule has 27 heavy (non-hydrogen) atoms. The largest absolute Gasteiger partial charge is 0.341 e. The molecule has 2 amide bonds. The average molecular weight is 388 g/mol. The molecule has 4 rings (SSSR count). The topological polar surface area (TPSA) is 87.2 Å². The van der Waals surface area contributed by atoms with E-state index in [1.165, 1.54) is 45.1 Å². The molecule has 4 heterocycles. The molecule has 0 saturated carbocycles. The van der Waals surface area contributed by atoms with Crippen LogP contribution in [0.5, 0.6) is 0 Å². The van der Waals surface area contributed by atoms with Gasteiger partial charge in [0.15, 0.2) is 0 Å². The number of nitrogens with zero attached hydrogens (tertiary/aromatic N) is 3. The molecule has 3 fully saturated rings. The molecule has 1 unspecified atom stereocenters. The van der Waals surface area contributed by atoms with Gasteiger partial charge in [-0.25, -0.2) is 9.97 Å². The highest BCUT2D eigenvalue weighted by molar-refractivity contribution is 8.18. The van der Waals surface area contributed by atoms with E-state index < -0.39 is 0 Å². The molecule has 0 aliphatic carbocycles. The van der Waals surface area contributed by atoms with Crippen LogP contribution in [-0.2, 0) is 4.79 Å². The fourth-order valence-corrected chi connectivity index (χ4v) is 4.49. The van der Waals surface area contributed by atoms with Crippen molar-refractivity contribution in [2.24, 2.45) is 5.92 Å². The summed E-state index contributed by atoms with van der Waals surface area (Å²) in [6.45, 7) is 3.14. The Balaban J connectivity index is 1.30. The highest BCUT2D eigenvalue weighted by Gasteiger charge is 2.26. The number of hydrogen-bond donors (Lipinski definition) is 2. The van der Waals surface area contributed by atoms with Crippen LogP contribution in [0.2, 0.25) is 0 Å². The summed E-state index contributed by atoms with van der Waals surface area (Å²) in [7, 11) is 0. The van der Waals surface area contributed by atoms with Crippen molar-refractivity contribution in [1.29, 1.82) is 0 Å². The Hall–Kier alpha value is -1.93. The fraction of sp³-hybridized carbons (Fsp3) is 0.579. The first kappa shape index (κ1) is 18.4. The lowest BCUT2D eigenvalue weighted by molar-refractivity contribution is -0.115. The lowest BCUT2D eigenvalue weighted by Gasteiger charge is -2.33. The van der Waals surface area contributed by atoms with E-state index in [2.05, 4.69) is 25.5 Å². The molecule has 7 nitrogen and oxygen atoms in total. The smallest absolute Gasteiger partial charge is 0.290 e. The second-order valence-corrected chi connectivity index (χ2v) is 8.45. The van der Waals surface area contributed by atoms with Gasteiger partial charge in [0.05, 0.1) is 10.6 Å². The minimum absolute atomic E-state index is 0.337. The van der Waals surface area contributed by atoms with E-state index in [9.17, 15) is 9.59 Å². The maximum Gasteiger partial charge on any atom is 0.290 e. The molecule has 0 bridgehead atoms. The van der Waals surface area contributed by atoms with Crippen molar-refractivity contribution in [2.75, 3.05) is 24.5 Å². The molecule has 1 aromatic heterocycles. The highest BCUT2D eigenvalue weighted by Crippen LogP contribution is 2.27. The van der Waals surface area contributed by atoms with Crippen molar-refractivity contribution in [2.45, 2.75) is 44.6 Å². The number of piperidine rings is 1. The summed E-state index contributed by atoms with van der Waals surface area (Å²) >= 11 is 0.909. The first-order valence-electron chi connectivity index (χ1n) is 9.73. The Labute approximate surface area is 163 Å². The van der Waals surface area contributed by atoms with Crippen LogP contribution in [0, 0.1) is 5.92 Å². The van der Waals surface area contributed by atoms with E-state index in [1.54, 1.807) is 18.3 Å². The number of rotatable bonds is 6. The molecule has 3 aliphatic heterocycles. The molecule has 8 heteroatoms. The van der Waals surface area contributed by atoms with Gasteiger partial charge in [-0.1, -0.05) is 12.8 Å². The third-order valence-electron chi connectivity index (χ3n) is 5.57. The maximum absolute atomic E-state index is 11.7. The quantitative estimate of drug-likeness (QED) is 0.725. The van der Waals surface area contributed by atoms with Gasteiger partial charge in [-0.15, -0.1) is 0 Å². The standard InChI is InChI=1S/C19H25N5O2S/c25-17-16(27-19(26)23-17)12-15-5-9-21-18(22-15)24-10-6-13(7-11-24)2-1-3-14-4-8-20-14/h5,9,12-14,20H,1-4,6-8,10-11H2,(H,23,25,26)/b16-12-. The molecule has 0 aromatic carbocycles. The molecule has 2 N–H and O–H groups in total. The lowest BCUT2D eigenvalue weighted by atomic mass is 9.89. The summed E-state index contributed by atoms with van der Waals surface area (Å²) in [6.07, 6.45) is 11.0. The number of aromatic nitrogens is 2. The zero-order valence-electron chi connectivity index (χ0n) is 15.3. The molecule has 144 valence electrons. The summed E-state index contributed by atoms with van der Waals surface area (Å²) in [5, 5.41) is 5.40. The molecule has 0 radical (unpaired) electrons. The van der Waals surface area contributed by atoms with Crippen molar-refractivity contribution in [3.05, 3.63) is 22.9 Å². The summed E-state index contributed by atoms with van der Waals surface area (Å²) < 4.78 is 0. The minimum Gasteiger partial charge on any atom is -0.341 e. The third-order valence-corrected chi connectivity index (χ3v) is 6.38. The number of carbonyl (C=O) groups excluding carboxylic acids is 2. The number of thioether (sulfide) groups is 1. The number of nitrogens with one attached hydrogen (secondary N) is 2. The van der Waals surface area contributed by atoms with E-state index in [-0.39, 0.29) is 11.1 Å². The van der Waals surface area contributed by atoms with Crippen LogP contribution in [0.15, 0.2) is 17.2 Å². The van der Waals surface area contributed by atoms with Crippen LogP contribution >= 0.6 is 11.8 Å². The molecular formula is C19H25N5O2S. The van der Waals surface area contributed by atoms with Crippen molar-refractivity contribution in [3.8, 4) is 0 Å². The third kappa shape index (κ3) is 4.68. The van der Waals surface area contributed by atoms with Crippen LogP contribution in [-0.4, -0.2) is 46.8 Å². The van der Waals surface area contributed by atoms with Gasteiger partial charge < -0.3 is 10.2 Å². The Kier molecular flexibility index (Phi) is 5.73. The van der Waals surface area contributed by atoms with Crippen molar-refractivity contribution in [3.63, 3.8) is 0 Å². The highest BCUT2D eigenvalue weighted by atomic mass is 32.2. The number of amides is 2. The molecule has 1 aromatic rings. The van der Waals surface area contributed by atoms with Gasteiger partial charge >= 0.3 is 0 Å². The minimum atomic E-state index is -0.358. The lowest BCUT2D eigenvalue weighted by Crippen LogP contribution is -2.42. The Morgan fingerprint density at radius 3 is 2.70 bits per heavy atom. The zero-order valence-corrected chi connectivity index (χ0v) is 16.1. The Morgan fingerprint density at radius 2 is 2.04 bits per heavy atom. The zero-order chi connectivity index (χ0) is 18.6. The van der Waals surface area contributed by atoms with E-state index in [4.69, 9.17) is 0 Å². The van der Waals surface area contributed by atoms with Crippen molar-refractivity contribution >= 4 is 34.9 Å². The molecular weight excluding hydrogens is 362 g/mol. The van der Waals surface area contributed by atoms with Gasteiger partial charge in [-0.05, 0) is 62.1 Å². The van der Waals surface area contributed by atoms with Crippen LogP contribution in [0.25, 0.3) is 6.08 Å². The predicted molar refractivity (Wildman–Crippen MR) is 106 cm³/mol. The van der Waals surface area contributed by atoms with Gasteiger partial charge in [-0.3, -0.25) is 14.9 Å². The van der Waals surface area contributed by atoms with Crippen LogP contribution in [0.4, 0.5) is 10.7 Å². The van der Waals surface area contributed by atoms with E-state index >= 15 is 0 Å². The average Bonchev–Trinajstić information content (AvgIpc) is 2.95. The summed E-state index contributed by atoms with van der Waals surface area (Å²) in [4.78, 5) is 34.5. The second-order valence-electron chi connectivity index (χ2n) is 7.43. The maximum atomic E-state index is 11.7. The van der Waals surface area contributed by atoms with Gasteiger partial charge in [0.25, 0.3) is 11.1 Å². The summed E-state index contributed by atoms with van der Waals surface area (Å²) in [5.41, 5.74) is 0.655. The molecule has 3 aliphatic rings. The van der Waals surface area contributed by atoms with E-state index in [0.29, 0.717) is 16.5 Å². The normalized spacial score (nSPS) is 25.0. The van der Waals surface area contributed by atoms with E-state index in [0.717, 1.165) is 36.8 Å². The van der Waals surface area contributed by atoms with Crippen LogP contribution in [0.1, 0.15) is 44.2 Å². The monoisotopic (exact) mass is 387 g/mol. The number of hydrogen-bond acceptors (Lipinski definition) is 7. The van der Waals surface area contributed by atoms with Crippen LogP contribution in [0.3, 0.4) is 0 Å². The first-order chi connectivity index (χ1) is 13.2. The van der Waals surface area contributed by atoms with Gasteiger partial charge in [0.2, 0.25) is 5.95 Å².